The van der Waals surface area contributed by atoms with Gasteiger partial charge in [0.1, 0.15) is 5.78 Å². The lowest BCUT2D eigenvalue weighted by Crippen LogP contribution is -2.50. The van der Waals surface area contributed by atoms with Crippen LogP contribution >= 0.6 is 0 Å². The van der Waals surface area contributed by atoms with E-state index in [4.69, 9.17) is 0 Å². The van der Waals surface area contributed by atoms with Gasteiger partial charge in [0.2, 0.25) is 11.7 Å². The number of benzene rings is 1. The lowest BCUT2D eigenvalue weighted by molar-refractivity contribution is -0.140. The summed E-state index contributed by atoms with van der Waals surface area (Å²) in [7, 11) is 1.71. The van der Waals surface area contributed by atoms with Crippen molar-refractivity contribution < 1.29 is 24.0 Å². The Morgan fingerprint density at radius 2 is 1.70 bits per heavy atom. The van der Waals surface area contributed by atoms with Crippen molar-refractivity contribution in [3.05, 3.63) is 35.9 Å². The molecular weight excluding hydrogens is 388 g/mol. The molecular formula is C21H30N4O5. The van der Waals surface area contributed by atoms with Gasteiger partial charge in [-0.1, -0.05) is 31.5 Å². The molecule has 9 heteroatoms. The number of likely N-dealkylation sites (N-methyl/N-ethyl adjacent to an activating group) is 1. The number of hydrogen-bond acceptors (Lipinski definition) is 6. The van der Waals surface area contributed by atoms with E-state index in [-0.39, 0.29) is 24.8 Å². The fraction of sp³-hybridized carbons (Fsp3) is 0.476. The van der Waals surface area contributed by atoms with E-state index in [2.05, 4.69) is 16.0 Å². The Morgan fingerprint density at radius 3 is 2.30 bits per heavy atom. The Kier molecular flexibility index (Phi) is 11.0. The minimum Gasteiger partial charge on any atom is -0.351 e. The molecule has 1 atom stereocenters. The summed E-state index contributed by atoms with van der Waals surface area (Å²) < 4.78 is 0. The molecule has 0 fully saturated rings. The number of carbonyl (C=O) groups is 5. The van der Waals surface area contributed by atoms with Gasteiger partial charge in [-0.15, -0.1) is 0 Å². The van der Waals surface area contributed by atoms with Gasteiger partial charge in [0.15, 0.2) is 0 Å². The summed E-state index contributed by atoms with van der Waals surface area (Å²) in [5, 5.41) is 7.60. The average molecular weight is 418 g/mol. The van der Waals surface area contributed by atoms with Crippen LogP contribution in [0.5, 0.6) is 0 Å². The fourth-order valence-electron chi connectivity index (χ4n) is 2.62. The Labute approximate surface area is 176 Å². The largest absolute Gasteiger partial charge is 0.351 e. The molecule has 164 valence electrons. The Balaban J connectivity index is 2.44. The van der Waals surface area contributed by atoms with E-state index >= 15 is 0 Å². The summed E-state index contributed by atoms with van der Waals surface area (Å²) in [5.74, 6) is -2.53. The molecule has 1 aromatic rings. The monoisotopic (exact) mass is 418 g/mol. The molecule has 0 radical (unpaired) electrons. The molecule has 1 aromatic carbocycles. The predicted molar refractivity (Wildman–Crippen MR) is 112 cm³/mol. The van der Waals surface area contributed by atoms with Crippen LogP contribution in [0.1, 0.15) is 37.0 Å². The minimum absolute atomic E-state index is 0.00374. The van der Waals surface area contributed by atoms with Crippen molar-refractivity contribution in [3.63, 3.8) is 0 Å². The molecule has 0 bridgehead atoms. The van der Waals surface area contributed by atoms with Gasteiger partial charge in [-0.05, 0) is 32.5 Å². The number of nitrogens with one attached hydrogen (secondary N) is 3. The van der Waals surface area contributed by atoms with Gasteiger partial charge >= 0.3 is 0 Å². The third kappa shape index (κ3) is 9.42. The van der Waals surface area contributed by atoms with E-state index < -0.39 is 23.6 Å². The first-order valence-electron chi connectivity index (χ1n) is 9.87. The smallest absolute Gasteiger partial charge is 0.289 e. The third-order valence-electron chi connectivity index (χ3n) is 4.18. The fourth-order valence-corrected chi connectivity index (χ4v) is 2.62. The van der Waals surface area contributed by atoms with Crippen LogP contribution in [-0.4, -0.2) is 73.5 Å². The normalized spacial score (nSPS) is 11.5. The Hall–Kier alpha value is -3.07. The van der Waals surface area contributed by atoms with E-state index in [0.29, 0.717) is 31.5 Å². The number of nitrogens with zero attached hydrogens (tertiary/aromatic N) is 1. The van der Waals surface area contributed by atoms with Crippen LogP contribution in [-0.2, 0) is 19.2 Å². The maximum Gasteiger partial charge on any atom is 0.289 e. The van der Waals surface area contributed by atoms with Crippen LogP contribution in [0.2, 0.25) is 0 Å². The molecule has 1 rings (SSSR count). The second-order valence-corrected chi connectivity index (χ2v) is 7.02. The molecule has 0 spiro atoms. The van der Waals surface area contributed by atoms with Crippen LogP contribution < -0.4 is 16.0 Å². The van der Waals surface area contributed by atoms with Crippen LogP contribution in [0, 0.1) is 0 Å². The molecule has 0 heterocycles. The summed E-state index contributed by atoms with van der Waals surface area (Å²) >= 11 is 0. The summed E-state index contributed by atoms with van der Waals surface area (Å²) in [6, 6.07) is 7.86. The van der Waals surface area contributed by atoms with Crippen molar-refractivity contribution in [3.8, 4) is 0 Å². The summed E-state index contributed by atoms with van der Waals surface area (Å²) in [6.45, 7) is 3.69. The van der Waals surface area contributed by atoms with Gasteiger partial charge in [0, 0.05) is 18.7 Å². The zero-order valence-electron chi connectivity index (χ0n) is 17.7. The van der Waals surface area contributed by atoms with Gasteiger partial charge in [-0.2, -0.15) is 0 Å². The van der Waals surface area contributed by atoms with E-state index in [9.17, 15) is 24.0 Å². The molecule has 0 aromatic heterocycles. The molecule has 0 aliphatic carbocycles. The third-order valence-corrected chi connectivity index (χ3v) is 4.18. The predicted octanol–water partition coefficient (Wildman–Crippen LogP) is -0.0926. The van der Waals surface area contributed by atoms with Crippen molar-refractivity contribution >= 4 is 29.3 Å². The molecule has 3 amide bonds. The maximum atomic E-state index is 12.3. The first-order valence-corrected chi connectivity index (χ1v) is 9.87. The van der Waals surface area contributed by atoms with Gasteiger partial charge in [-0.25, -0.2) is 0 Å². The molecule has 3 N–H and O–H groups in total. The molecule has 9 nitrogen and oxygen atoms in total. The molecule has 1 unspecified atom stereocenters. The Morgan fingerprint density at radius 1 is 1.03 bits per heavy atom. The number of hydrogen-bond donors (Lipinski definition) is 3. The molecule has 0 saturated carbocycles. The summed E-state index contributed by atoms with van der Waals surface area (Å²) in [5.41, 5.74) is 0.557. The van der Waals surface area contributed by atoms with Gasteiger partial charge in [-0.3, -0.25) is 28.9 Å². The number of ketones is 2. The number of carbonyl (C=O) groups excluding carboxylic acids is 5. The highest BCUT2D eigenvalue weighted by Gasteiger charge is 2.26. The second-order valence-electron chi connectivity index (χ2n) is 7.02. The maximum absolute atomic E-state index is 12.3. The quantitative estimate of drug-likeness (QED) is 0.385. The van der Waals surface area contributed by atoms with Crippen molar-refractivity contribution in [2.24, 2.45) is 0 Å². The van der Waals surface area contributed by atoms with Gasteiger partial charge < -0.3 is 16.0 Å². The molecule has 0 aliphatic rings. The van der Waals surface area contributed by atoms with Crippen LogP contribution in [0.15, 0.2) is 30.3 Å². The topological polar surface area (TPSA) is 125 Å². The number of Topliss-reactive ketones (excluding diaryl/α,β-unsaturated/α-hetero) is 2. The van der Waals surface area contributed by atoms with Crippen molar-refractivity contribution in [1.82, 2.24) is 20.9 Å². The molecule has 30 heavy (non-hydrogen) atoms. The minimum atomic E-state index is -0.944. The molecule has 0 aliphatic heterocycles. The van der Waals surface area contributed by atoms with Crippen LogP contribution in [0.3, 0.4) is 0 Å². The van der Waals surface area contributed by atoms with E-state index in [0.717, 1.165) is 0 Å². The van der Waals surface area contributed by atoms with E-state index in [1.54, 1.807) is 36.2 Å². The lowest BCUT2D eigenvalue weighted by Gasteiger charge is -2.20. The van der Waals surface area contributed by atoms with Crippen molar-refractivity contribution in [2.45, 2.75) is 32.7 Å². The molecule has 0 saturated heterocycles. The summed E-state index contributed by atoms with van der Waals surface area (Å²) in [6.07, 6.45) is 0.910. The van der Waals surface area contributed by atoms with E-state index in [1.165, 1.54) is 6.92 Å². The standard InChI is InChI=1S/C21H30N4O5/c1-4-8-17(19(28)21(30)23-13-15(2)26)24-18(27)14-25(3)12-11-22-20(29)16-9-6-5-7-10-16/h5-7,9-10,17H,4,8,11-14H2,1-3H3,(H,22,29)(H,23,30)(H,24,27). The number of rotatable bonds is 13. The average Bonchev–Trinajstić information content (AvgIpc) is 2.71. The van der Waals surface area contributed by atoms with E-state index in [1.807, 2.05) is 13.0 Å². The Bertz CT molecular complexity index is 751. The van der Waals surface area contributed by atoms with Gasteiger partial charge in [0.25, 0.3) is 11.8 Å². The van der Waals surface area contributed by atoms with Crippen molar-refractivity contribution in [2.75, 3.05) is 33.2 Å². The zero-order chi connectivity index (χ0) is 22.5. The number of amides is 3. The highest BCUT2D eigenvalue weighted by molar-refractivity contribution is 6.38. The van der Waals surface area contributed by atoms with Crippen molar-refractivity contribution in [1.29, 1.82) is 0 Å². The highest BCUT2D eigenvalue weighted by Crippen LogP contribution is 2.00. The van der Waals surface area contributed by atoms with Crippen LogP contribution in [0.25, 0.3) is 0 Å². The highest BCUT2D eigenvalue weighted by atomic mass is 16.2. The zero-order valence-corrected chi connectivity index (χ0v) is 17.7. The lowest BCUT2D eigenvalue weighted by atomic mass is 10.1. The van der Waals surface area contributed by atoms with Crippen LogP contribution in [0.4, 0.5) is 0 Å². The summed E-state index contributed by atoms with van der Waals surface area (Å²) in [4.78, 5) is 61.0. The van der Waals surface area contributed by atoms with Gasteiger partial charge in [0.05, 0.1) is 19.1 Å². The second kappa shape index (κ2) is 13.2. The first kappa shape index (κ1) is 25.0. The first-order chi connectivity index (χ1) is 14.2. The SMILES string of the molecule is CCCC(NC(=O)CN(C)CCNC(=O)c1ccccc1)C(=O)C(=O)NCC(C)=O.